The highest BCUT2D eigenvalue weighted by Crippen LogP contribution is 2.44. The Morgan fingerprint density at radius 1 is 0.889 bits per heavy atom. The van der Waals surface area contributed by atoms with Crippen molar-refractivity contribution in [2.24, 2.45) is 5.73 Å². The number of alkyl halides is 1. The number of benzene rings is 2. The van der Waals surface area contributed by atoms with Crippen LogP contribution in [0.25, 0.3) is 11.1 Å². The minimum atomic E-state index is -1.20. The van der Waals surface area contributed by atoms with Crippen LogP contribution >= 0.6 is 0 Å². The predicted molar refractivity (Wildman–Crippen MR) is 71.9 cm³/mol. The summed E-state index contributed by atoms with van der Waals surface area (Å²) >= 11 is 0. The number of rotatable bonds is 2. The monoisotopic (exact) mass is 241 g/mol. The van der Waals surface area contributed by atoms with Crippen molar-refractivity contribution in [2.45, 2.75) is 24.6 Å². The first-order chi connectivity index (χ1) is 8.67. The third-order valence-corrected chi connectivity index (χ3v) is 3.68. The van der Waals surface area contributed by atoms with Gasteiger partial charge in [0.05, 0.1) is 0 Å². The number of hydrogen-bond acceptors (Lipinski definition) is 1. The smallest absolute Gasteiger partial charge is 0.139 e. The van der Waals surface area contributed by atoms with Gasteiger partial charge in [-0.25, -0.2) is 4.39 Å². The van der Waals surface area contributed by atoms with Crippen LogP contribution in [0.4, 0.5) is 4.39 Å². The quantitative estimate of drug-likeness (QED) is 0.853. The lowest BCUT2D eigenvalue weighted by Crippen LogP contribution is -2.46. The molecule has 0 aliphatic heterocycles. The summed E-state index contributed by atoms with van der Waals surface area (Å²) in [4.78, 5) is 0. The van der Waals surface area contributed by atoms with E-state index >= 15 is 0 Å². The Bertz CT molecular complexity index is 527. The van der Waals surface area contributed by atoms with E-state index < -0.39 is 5.67 Å². The van der Waals surface area contributed by atoms with Gasteiger partial charge in [0.2, 0.25) is 0 Å². The summed E-state index contributed by atoms with van der Waals surface area (Å²) in [5, 5.41) is 0. The molecule has 3 rings (SSSR count). The maximum atomic E-state index is 14.3. The van der Waals surface area contributed by atoms with Crippen LogP contribution < -0.4 is 5.73 Å². The predicted octanol–water partition coefficient (Wildman–Crippen LogP) is 3.64. The number of halogens is 1. The highest BCUT2D eigenvalue weighted by atomic mass is 19.1. The van der Waals surface area contributed by atoms with Gasteiger partial charge in [-0.2, -0.15) is 0 Å². The van der Waals surface area contributed by atoms with Crippen molar-refractivity contribution in [3.8, 4) is 11.1 Å². The average Bonchev–Trinajstić information content (AvgIpc) is 2.38. The van der Waals surface area contributed by atoms with Crippen LogP contribution in [0, 0.1) is 0 Å². The molecule has 0 unspecified atom stereocenters. The maximum absolute atomic E-state index is 14.3. The van der Waals surface area contributed by atoms with Gasteiger partial charge in [-0.15, -0.1) is 0 Å². The SMILES string of the molecule is NC1CC(F)(c2ccc(-c3ccccc3)cc2)C1. The van der Waals surface area contributed by atoms with E-state index in [4.69, 9.17) is 5.73 Å². The third kappa shape index (κ3) is 1.93. The largest absolute Gasteiger partial charge is 0.327 e. The minimum Gasteiger partial charge on any atom is -0.327 e. The zero-order chi connectivity index (χ0) is 12.6. The summed E-state index contributed by atoms with van der Waals surface area (Å²) in [6.45, 7) is 0. The Balaban J connectivity index is 1.86. The van der Waals surface area contributed by atoms with E-state index in [9.17, 15) is 4.39 Å². The summed E-state index contributed by atoms with van der Waals surface area (Å²) < 4.78 is 14.3. The molecule has 1 nitrogen and oxygen atoms in total. The molecule has 1 fully saturated rings. The topological polar surface area (TPSA) is 26.0 Å². The molecule has 92 valence electrons. The van der Waals surface area contributed by atoms with Gasteiger partial charge in [0.25, 0.3) is 0 Å². The van der Waals surface area contributed by atoms with E-state index in [1.807, 2.05) is 42.5 Å². The molecule has 1 aliphatic carbocycles. The van der Waals surface area contributed by atoms with Gasteiger partial charge in [-0.1, -0.05) is 54.6 Å². The molecule has 0 saturated heterocycles. The molecule has 0 bridgehead atoms. The van der Waals surface area contributed by atoms with E-state index in [0.29, 0.717) is 12.8 Å². The van der Waals surface area contributed by atoms with Gasteiger partial charge in [-0.05, 0) is 16.7 Å². The fourth-order valence-corrected chi connectivity index (χ4v) is 2.60. The first-order valence-electron chi connectivity index (χ1n) is 6.28. The lowest BCUT2D eigenvalue weighted by atomic mass is 9.73. The fourth-order valence-electron chi connectivity index (χ4n) is 2.60. The van der Waals surface area contributed by atoms with Crippen LogP contribution in [0.15, 0.2) is 54.6 Å². The zero-order valence-electron chi connectivity index (χ0n) is 10.1. The number of hydrogen-bond donors (Lipinski definition) is 1. The molecule has 0 radical (unpaired) electrons. The Hall–Kier alpha value is -1.67. The second-order valence-corrected chi connectivity index (χ2v) is 5.08. The van der Waals surface area contributed by atoms with Crippen LogP contribution in [0.5, 0.6) is 0 Å². The lowest BCUT2D eigenvalue weighted by Gasteiger charge is -2.39. The maximum Gasteiger partial charge on any atom is 0.139 e. The van der Waals surface area contributed by atoms with Crippen molar-refractivity contribution < 1.29 is 4.39 Å². The second kappa shape index (κ2) is 4.21. The van der Waals surface area contributed by atoms with Gasteiger partial charge in [0.15, 0.2) is 0 Å². The molecular formula is C16H16FN. The Morgan fingerprint density at radius 3 is 2.00 bits per heavy atom. The lowest BCUT2D eigenvalue weighted by molar-refractivity contribution is 0.0406. The van der Waals surface area contributed by atoms with Crippen LogP contribution in [0.2, 0.25) is 0 Å². The highest BCUT2D eigenvalue weighted by molar-refractivity contribution is 5.63. The standard InChI is InChI=1S/C16H16FN/c17-16(10-15(18)11-16)14-8-6-13(7-9-14)12-4-2-1-3-5-12/h1-9,15H,10-11,18H2. The molecule has 0 amide bonds. The molecule has 0 atom stereocenters. The van der Waals surface area contributed by atoms with Gasteiger partial charge < -0.3 is 5.73 Å². The molecule has 0 aromatic heterocycles. The van der Waals surface area contributed by atoms with Crippen molar-refractivity contribution in [3.63, 3.8) is 0 Å². The van der Waals surface area contributed by atoms with Gasteiger partial charge in [0.1, 0.15) is 5.67 Å². The van der Waals surface area contributed by atoms with Gasteiger partial charge >= 0.3 is 0 Å². The number of nitrogens with two attached hydrogens (primary N) is 1. The van der Waals surface area contributed by atoms with Crippen LogP contribution in [0.1, 0.15) is 18.4 Å². The molecule has 0 spiro atoms. The summed E-state index contributed by atoms with van der Waals surface area (Å²) in [5.74, 6) is 0. The van der Waals surface area contributed by atoms with Crippen molar-refractivity contribution in [1.29, 1.82) is 0 Å². The molecule has 18 heavy (non-hydrogen) atoms. The molecule has 2 aromatic rings. The highest BCUT2D eigenvalue weighted by Gasteiger charge is 2.44. The molecular weight excluding hydrogens is 225 g/mol. The molecule has 1 saturated carbocycles. The van der Waals surface area contributed by atoms with E-state index in [1.54, 1.807) is 0 Å². The van der Waals surface area contributed by atoms with E-state index in [1.165, 1.54) is 0 Å². The Labute approximate surface area is 106 Å². The zero-order valence-corrected chi connectivity index (χ0v) is 10.1. The van der Waals surface area contributed by atoms with Crippen LogP contribution in [-0.2, 0) is 5.67 Å². The summed E-state index contributed by atoms with van der Waals surface area (Å²) in [6, 6.07) is 17.9. The molecule has 1 aliphatic rings. The van der Waals surface area contributed by atoms with Crippen molar-refractivity contribution >= 4 is 0 Å². The van der Waals surface area contributed by atoms with Crippen molar-refractivity contribution in [3.05, 3.63) is 60.2 Å². The van der Waals surface area contributed by atoms with E-state index in [2.05, 4.69) is 12.1 Å². The van der Waals surface area contributed by atoms with Crippen LogP contribution in [-0.4, -0.2) is 6.04 Å². The first-order valence-corrected chi connectivity index (χ1v) is 6.28. The molecule has 0 heterocycles. The van der Waals surface area contributed by atoms with E-state index in [-0.39, 0.29) is 6.04 Å². The van der Waals surface area contributed by atoms with Gasteiger partial charge in [0, 0.05) is 18.9 Å². The first kappa shape index (κ1) is 11.4. The average molecular weight is 241 g/mol. The molecule has 2 aromatic carbocycles. The minimum absolute atomic E-state index is 0.0174. The summed E-state index contributed by atoms with van der Waals surface area (Å²) in [6.07, 6.45) is 0.884. The second-order valence-electron chi connectivity index (χ2n) is 5.08. The van der Waals surface area contributed by atoms with Crippen LogP contribution in [0.3, 0.4) is 0 Å². The fraction of sp³-hybridized carbons (Fsp3) is 0.250. The van der Waals surface area contributed by atoms with Crippen molar-refractivity contribution in [2.75, 3.05) is 0 Å². The molecule has 2 heteroatoms. The van der Waals surface area contributed by atoms with Gasteiger partial charge in [-0.3, -0.25) is 0 Å². The van der Waals surface area contributed by atoms with E-state index in [0.717, 1.165) is 16.7 Å². The normalized spacial score (nSPS) is 26.7. The molecule has 2 N–H and O–H groups in total. The Kier molecular flexibility index (Phi) is 2.67. The third-order valence-electron chi connectivity index (χ3n) is 3.68. The van der Waals surface area contributed by atoms with Crippen molar-refractivity contribution in [1.82, 2.24) is 0 Å². The Morgan fingerprint density at radius 2 is 1.44 bits per heavy atom. The summed E-state index contributed by atoms with van der Waals surface area (Å²) in [7, 11) is 0. The summed E-state index contributed by atoms with van der Waals surface area (Å²) in [5.41, 5.74) is 7.50.